The van der Waals surface area contributed by atoms with Gasteiger partial charge in [-0.15, -0.1) is 5.10 Å². The standard InChI is InChI=1S/C28H27FN4O3/c1-18-10-6-7-13-23(18)30-27(34)21-16-22(29)24(33-28(35)32-15-9-8-14-26(32)31-33)17-25(21)36-19(2)20-11-4-3-5-12-20/h3-7,10-13,16-17,19H,8-9,14-15H2,1-2H3,(H,30,34)/t19-/m0/s1. The second-order valence-electron chi connectivity index (χ2n) is 8.96. The molecule has 1 aromatic heterocycles. The van der Waals surface area contributed by atoms with Crippen molar-refractivity contribution in [3.63, 3.8) is 0 Å². The van der Waals surface area contributed by atoms with Crippen LogP contribution in [-0.4, -0.2) is 20.3 Å². The van der Waals surface area contributed by atoms with Crippen LogP contribution in [0, 0.1) is 12.7 Å². The van der Waals surface area contributed by atoms with Crippen LogP contribution >= 0.6 is 0 Å². The lowest BCUT2D eigenvalue weighted by molar-refractivity contribution is 0.101. The summed E-state index contributed by atoms with van der Waals surface area (Å²) >= 11 is 0. The smallest absolute Gasteiger partial charge is 0.350 e. The number of rotatable bonds is 6. The number of aryl methyl sites for hydroxylation is 2. The molecule has 2 heterocycles. The number of fused-ring (bicyclic) bond motifs is 1. The summed E-state index contributed by atoms with van der Waals surface area (Å²) in [5.41, 5.74) is 1.96. The van der Waals surface area contributed by atoms with E-state index in [9.17, 15) is 9.59 Å². The third kappa shape index (κ3) is 4.54. The number of para-hydroxylation sites is 1. The van der Waals surface area contributed by atoms with E-state index in [2.05, 4.69) is 10.4 Å². The average Bonchev–Trinajstić information content (AvgIpc) is 3.23. The maximum Gasteiger partial charge on any atom is 0.350 e. The SMILES string of the molecule is Cc1ccccc1NC(=O)c1cc(F)c(-n2nc3n(c2=O)CCCC3)cc1O[C@@H](C)c1ccccc1. The number of carbonyl (C=O) groups excluding carboxylic acids is 1. The number of aromatic nitrogens is 3. The number of carbonyl (C=O) groups is 1. The molecule has 36 heavy (non-hydrogen) atoms. The Kier molecular flexibility index (Phi) is 6.41. The summed E-state index contributed by atoms with van der Waals surface area (Å²) in [7, 11) is 0. The molecule has 1 N–H and O–H groups in total. The van der Waals surface area contributed by atoms with Crippen molar-refractivity contribution in [3.8, 4) is 11.4 Å². The van der Waals surface area contributed by atoms with E-state index in [0.29, 0.717) is 24.5 Å². The first-order valence-electron chi connectivity index (χ1n) is 12.0. The van der Waals surface area contributed by atoms with Crippen molar-refractivity contribution in [2.75, 3.05) is 5.32 Å². The van der Waals surface area contributed by atoms with Gasteiger partial charge in [0.1, 0.15) is 29.2 Å². The predicted octanol–water partition coefficient (Wildman–Crippen LogP) is 5.21. The lowest BCUT2D eigenvalue weighted by Gasteiger charge is -2.19. The molecular formula is C28H27FN4O3. The Morgan fingerprint density at radius 3 is 2.58 bits per heavy atom. The predicted molar refractivity (Wildman–Crippen MR) is 135 cm³/mol. The lowest BCUT2D eigenvalue weighted by Crippen LogP contribution is -2.27. The topological polar surface area (TPSA) is 78.2 Å². The van der Waals surface area contributed by atoms with Crippen LogP contribution in [0.4, 0.5) is 10.1 Å². The van der Waals surface area contributed by atoms with E-state index in [1.807, 2.05) is 62.4 Å². The van der Waals surface area contributed by atoms with E-state index in [1.54, 1.807) is 10.6 Å². The molecule has 3 aromatic carbocycles. The molecule has 184 valence electrons. The third-order valence-electron chi connectivity index (χ3n) is 6.46. The zero-order chi connectivity index (χ0) is 25.2. The van der Waals surface area contributed by atoms with Gasteiger partial charge in [-0.2, -0.15) is 4.68 Å². The summed E-state index contributed by atoms with van der Waals surface area (Å²) in [6, 6.07) is 19.4. The van der Waals surface area contributed by atoms with Crippen molar-refractivity contribution in [3.05, 3.63) is 106 Å². The summed E-state index contributed by atoms with van der Waals surface area (Å²) in [6.07, 6.45) is 2.04. The number of ether oxygens (including phenoxy) is 1. The van der Waals surface area contributed by atoms with E-state index in [0.717, 1.165) is 34.7 Å². The Morgan fingerprint density at radius 1 is 1.08 bits per heavy atom. The largest absolute Gasteiger partial charge is 0.485 e. The van der Waals surface area contributed by atoms with Crippen LogP contribution < -0.4 is 15.7 Å². The number of nitrogens with zero attached hydrogens (tertiary/aromatic N) is 3. The van der Waals surface area contributed by atoms with Gasteiger partial charge in [0.15, 0.2) is 0 Å². The molecule has 1 aliphatic heterocycles. The first-order valence-corrected chi connectivity index (χ1v) is 12.0. The molecule has 0 spiro atoms. The minimum atomic E-state index is -0.734. The molecule has 4 aromatic rings. The number of hydrogen-bond acceptors (Lipinski definition) is 4. The quantitative estimate of drug-likeness (QED) is 0.406. The fourth-order valence-electron chi connectivity index (χ4n) is 4.42. The summed E-state index contributed by atoms with van der Waals surface area (Å²) in [6.45, 7) is 4.28. The molecule has 8 heteroatoms. The van der Waals surface area contributed by atoms with Crippen LogP contribution in [-0.2, 0) is 13.0 Å². The minimum absolute atomic E-state index is 0.0271. The second kappa shape index (κ2) is 9.81. The highest BCUT2D eigenvalue weighted by Crippen LogP contribution is 2.31. The van der Waals surface area contributed by atoms with Gasteiger partial charge in [0.25, 0.3) is 5.91 Å². The van der Waals surface area contributed by atoms with Crippen LogP contribution in [0.15, 0.2) is 71.5 Å². The number of anilines is 1. The van der Waals surface area contributed by atoms with Crippen LogP contribution in [0.1, 0.15) is 53.2 Å². The number of nitrogens with one attached hydrogen (secondary N) is 1. The normalized spacial score (nSPS) is 13.6. The van der Waals surface area contributed by atoms with E-state index in [4.69, 9.17) is 4.74 Å². The van der Waals surface area contributed by atoms with Crippen molar-refractivity contribution >= 4 is 11.6 Å². The van der Waals surface area contributed by atoms with Crippen molar-refractivity contribution in [1.82, 2.24) is 14.3 Å². The fourth-order valence-corrected chi connectivity index (χ4v) is 4.42. The number of halogens is 1. The van der Waals surface area contributed by atoms with E-state index in [1.165, 1.54) is 6.07 Å². The Morgan fingerprint density at radius 2 is 1.83 bits per heavy atom. The summed E-state index contributed by atoms with van der Waals surface area (Å²) < 4.78 is 24.3. The maximum absolute atomic E-state index is 15.5. The molecule has 0 unspecified atom stereocenters. The van der Waals surface area contributed by atoms with Gasteiger partial charge >= 0.3 is 5.69 Å². The molecule has 0 saturated carbocycles. The Hall–Kier alpha value is -4.20. The molecule has 0 bridgehead atoms. The monoisotopic (exact) mass is 486 g/mol. The molecule has 5 rings (SSSR count). The molecule has 1 atom stereocenters. The highest BCUT2D eigenvalue weighted by molar-refractivity contribution is 6.06. The summed E-state index contributed by atoms with van der Waals surface area (Å²) in [4.78, 5) is 26.3. The maximum atomic E-state index is 15.5. The first-order chi connectivity index (χ1) is 17.4. The molecule has 0 aliphatic carbocycles. The van der Waals surface area contributed by atoms with Crippen molar-refractivity contribution in [1.29, 1.82) is 0 Å². The number of benzene rings is 3. The van der Waals surface area contributed by atoms with Crippen LogP contribution in [0.25, 0.3) is 5.69 Å². The first kappa shape index (κ1) is 23.5. The van der Waals surface area contributed by atoms with Gasteiger partial charge in [0, 0.05) is 24.7 Å². The van der Waals surface area contributed by atoms with Crippen LogP contribution in [0.5, 0.6) is 5.75 Å². The molecule has 1 amide bonds. The van der Waals surface area contributed by atoms with Gasteiger partial charge in [-0.05, 0) is 49.9 Å². The van der Waals surface area contributed by atoms with Gasteiger partial charge in [-0.1, -0.05) is 48.5 Å². The molecule has 0 radical (unpaired) electrons. The van der Waals surface area contributed by atoms with Gasteiger partial charge < -0.3 is 10.1 Å². The van der Waals surface area contributed by atoms with Crippen molar-refractivity contribution in [2.24, 2.45) is 0 Å². The lowest BCUT2D eigenvalue weighted by atomic mass is 10.1. The minimum Gasteiger partial charge on any atom is -0.485 e. The molecular weight excluding hydrogens is 459 g/mol. The highest BCUT2D eigenvalue weighted by Gasteiger charge is 2.24. The van der Waals surface area contributed by atoms with Gasteiger partial charge in [0.2, 0.25) is 0 Å². The van der Waals surface area contributed by atoms with Crippen molar-refractivity contribution in [2.45, 2.75) is 45.8 Å². The zero-order valence-corrected chi connectivity index (χ0v) is 20.2. The highest BCUT2D eigenvalue weighted by atomic mass is 19.1. The van der Waals surface area contributed by atoms with Gasteiger partial charge in [-0.3, -0.25) is 9.36 Å². The average molecular weight is 487 g/mol. The molecule has 0 fully saturated rings. The number of amides is 1. The van der Waals surface area contributed by atoms with Gasteiger partial charge in [-0.25, -0.2) is 9.18 Å². The van der Waals surface area contributed by atoms with Crippen LogP contribution in [0.3, 0.4) is 0 Å². The zero-order valence-electron chi connectivity index (χ0n) is 20.2. The Balaban J connectivity index is 1.58. The number of hydrogen-bond donors (Lipinski definition) is 1. The van der Waals surface area contributed by atoms with E-state index in [-0.39, 0.29) is 17.0 Å². The van der Waals surface area contributed by atoms with E-state index >= 15 is 4.39 Å². The Labute approximate surface area is 208 Å². The molecule has 7 nitrogen and oxygen atoms in total. The van der Waals surface area contributed by atoms with E-state index < -0.39 is 23.5 Å². The molecule has 0 saturated heterocycles. The van der Waals surface area contributed by atoms with Crippen molar-refractivity contribution < 1.29 is 13.9 Å². The Bertz CT molecular complexity index is 1480. The summed E-state index contributed by atoms with van der Waals surface area (Å²) in [5.74, 6) is -0.456. The second-order valence-corrected chi connectivity index (χ2v) is 8.96. The van der Waals surface area contributed by atoms with Crippen LogP contribution in [0.2, 0.25) is 0 Å². The third-order valence-corrected chi connectivity index (χ3v) is 6.46. The van der Waals surface area contributed by atoms with Gasteiger partial charge in [0.05, 0.1) is 5.56 Å². The summed E-state index contributed by atoms with van der Waals surface area (Å²) in [5, 5.41) is 7.23. The fraction of sp³-hybridized carbons (Fsp3) is 0.250. The molecule has 1 aliphatic rings.